The molecule has 0 heterocycles. The Hall–Kier alpha value is -1.06. The lowest BCUT2D eigenvalue weighted by Gasteiger charge is -2.12. The molecular formula is C12H16ClNO2. The molecule has 0 aliphatic carbocycles. The second kappa shape index (κ2) is 6.51. The van der Waals surface area contributed by atoms with Crippen LogP contribution in [0.5, 0.6) is 0 Å². The Kier molecular flexibility index (Phi) is 5.29. The van der Waals surface area contributed by atoms with Crippen molar-refractivity contribution in [1.82, 2.24) is 0 Å². The second-order valence-corrected chi connectivity index (χ2v) is 3.89. The third-order valence-corrected chi connectivity index (χ3v) is 2.40. The summed E-state index contributed by atoms with van der Waals surface area (Å²) in [5.74, 6) is -0.329. The average molecular weight is 242 g/mol. The number of rotatable bonds is 5. The van der Waals surface area contributed by atoms with E-state index in [1.807, 2.05) is 38.1 Å². The van der Waals surface area contributed by atoms with Crippen LogP contribution in [0.3, 0.4) is 0 Å². The third kappa shape index (κ3) is 3.83. The van der Waals surface area contributed by atoms with Gasteiger partial charge in [0.1, 0.15) is 0 Å². The standard InChI is InChI=1S/C12H16ClNO2/c1-3-8-16-11(13)12(15)14-10-7-5-4-6-9(10)2/h4-7,11H,3,8H2,1-2H3,(H,14,15). The van der Waals surface area contributed by atoms with Gasteiger partial charge in [-0.15, -0.1) is 0 Å². The molecule has 1 amide bonds. The Morgan fingerprint density at radius 2 is 2.19 bits per heavy atom. The Labute approximate surface area is 101 Å². The second-order valence-electron chi connectivity index (χ2n) is 3.49. The Morgan fingerprint density at radius 3 is 2.81 bits per heavy atom. The fraction of sp³-hybridized carbons (Fsp3) is 0.417. The van der Waals surface area contributed by atoms with Crippen LogP contribution in [0.25, 0.3) is 0 Å². The van der Waals surface area contributed by atoms with Gasteiger partial charge in [-0.25, -0.2) is 0 Å². The number of halogens is 1. The average Bonchev–Trinajstić information content (AvgIpc) is 2.28. The van der Waals surface area contributed by atoms with Crippen LogP contribution in [0.4, 0.5) is 5.69 Å². The normalized spacial score (nSPS) is 12.2. The van der Waals surface area contributed by atoms with Gasteiger partial charge in [0.15, 0.2) is 0 Å². The predicted molar refractivity (Wildman–Crippen MR) is 65.7 cm³/mol. The summed E-state index contributed by atoms with van der Waals surface area (Å²) >= 11 is 5.78. The summed E-state index contributed by atoms with van der Waals surface area (Å²) in [4.78, 5) is 11.6. The number of hydrogen-bond donors (Lipinski definition) is 1. The largest absolute Gasteiger partial charge is 0.354 e. The van der Waals surface area contributed by atoms with Crippen molar-refractivity contribution in [2.75, 3.05) is 11.9 Å². The summed E-state index contributed by atoms with van der Waals surface area (Å²) < 4.78 is 5.12. The van der Waals surface area contributed by atoms with E-state index in [9.17, 15) is 4.79 Å². The van der Waals surface area contributed by atoms with Crippen molar-refractivity contribution in [2.24, 2.45) is 0 Å². The molecule has 0 spiro atoms. The molecule has 88 valence electrons. The summed E-state index contributed by atoms with van der Waals surface area (Å²) in [5.41, 5.74) is 0.827. The molecule has 0 aromatic heterocycles. The lowest BCUT2D eigenvalue weighted by Crippen LogP contribution is -2.26. The lowest BCUT2D eigenvalue weighted by atomic mass is 10.2. The maximum atomic E-state index is 11.6. The molecule has 1 atom stereocenters. The van der Waals surface area contributed by atoms with Crippen molar-refractivity contribution < 1.29 is 9.53 Å². The summed E-state index contributed by atoms with van der Waals surface area (Å²) in [7, 11) is 0. The number of nitrogens with one attached hydrogen (secondary N) is 1. The number of benzene rings is 1. The van der Waals surface area contributed by atoms with Crippen molar-refractivity contribution in [3.63, 3.8) is 0 Å². The van der Waals surface area contributed by atoms with E-state index in [2.05, 4.69) is 5.32 Å². The van der Waals surface area contributed by atoms with Gasteiger partial charge in [0, 0.05) is 12.3 Å². The zero-order chi connectivity index (χ0) is 12.0. The number of ether oxygens (including phenoxy) is 1. The topological polar surface area (TPSA) is 38.3 Å². The molecule has 1 rings (SSSR count). The minimum absolute atomic E-state index is 0.329. The van der Waals surface area contributed by atoms with Crippen LogP contribution in [-0.2, 0) is 9.53 Å². The van der Waals surface area contributed by atoms with E-state index in [-0.39, 0.29) is 5.91 Å². The van der Waals surface area contributed by atoms with Crippen LogP contribution in [-0.4, -0.2) is 18.1 Å². The first kappa shape index (κ1) is 13.0. The molecule has 0 aliphatic heterocycles. The number of carbonyl (C=O) groups is 1. The molecule has 0 saturated carbocycles. The molecule has 1 aromatic carbocycles. The van der Waals surface area contributed by atoms with Gasteiger partial charge in [-0.05, 0) is 25.0 Å². The van der Waals surface area contributed by atoms with Gasteiger partial charge in [0.2, 0.25) is 5.56 Å². The van der Waals surface area contributed by atoms with Crippen LogP contribution in [0, 0.1) is 6.92 Å². The number of hydrogen-bond acceptors (Lipinski definition) is 2. The van der Waals surface area contributed by atoms with Gasteiger partial charge in [-0.2, -0.15) is 0 Å². The first-order valence-corrected chi connectivity index (χ1v) is 5.71. The molecule has 1 aromatic rings. The molecule has 3 nitrogen and oxygen atoms in total. The SMILES string of the molecule is CCCOC(Cl)C(=O)Nc1ccccc1C. The van der Waals surface area contributed by atoms with E-state index in [4.69, 9.17) is 16.3 Å². The van der Waals surface area contributed by atoms with Crippen molar-refractivity contribution in [3.05, 3.63) is 29.8 Å². The van der Waals surface area contributed by atoms with E-state index >= 15 is 0 Å². The molecule has 0 radical (unpaired) electrons. The highest BCUT2D eigenvalue weighted by atomic mass is 35.5. The molecule has 1 unspecified atom stereocenters. The van der Waals surface area contributed by atoms with Gasteiger partial charge in [0.05, 0.1) is 0 Å². The van der Waals surface area contributed by atoms with Gasteiger partial charge in [0.25, 0.3) is 5.91 Å². The maximum absolute atomic E-state index is 11.6. The quantitative estimate of drug-likeness (QED) is 0.805. The molecule has 0 bridgehead atoms. The molecule has 0 fully saturated rings. The van der Waals surface area contributed by atoms with Crippen molar-refractivity contribution in [1.29, 1.82) is 0 Å². The zero-order valence-corrected chi connectivity index (χ0v) is 10.3. The van der Waals surface area contributed by atoms with E-state index in [1.165, 1.54) is 0 Å². The zero-order valence-electron chi connectivity index (χ0n) is 9.50. The van der Waals surface area contributed by atoms with Crippen LogP contribution in [0.15, 0.2) is 24.3 Å². The van der Waals surface area contributed by atoms with Crippen LogP contribution in [0.2, 0.25) is 0 Å². The molecule has 1 N–H and O–H groups in total. The van der Waals surface area contributed by atoms with Gasteiger partial charge in [-0.1, -0.05) is 36.7 Å². The molecule has 16 heavy (non-hydrogen) atoms. The summed E-state index contributed by atoms with van der Waals surface area (Å²) in [5, 5.41) is 2.72. The summed E-state index contributed by atoms with van der Waals surface area (Å²) in [6.45, 7) is 4.37. The summed E-state index contributed by atoms with van der Waals surface area (Å²) in [6.07, 6.45) is 0.834. The maximum Gasteiger partial charge on any atom is 0.269 e. The Bertz CT molecular complexity index is 355. The van der Waals surface area contributed by atoms with Crippen molar-refractivity contribution >= 4 is 23.2 Å². The fourth-order valence-electron chi connectivity index (χ4n) is 1.20. The van der Waals surface area contributed by atoms with Crippen LogP contribution < -0.4 is 5.32 Å². The number of aryl methyl sites for hydroxylation is 1. The van der Waals surface area contributed by atoms with Gasteiger partial charge < -0.3 is 10.1 Å². The van der Waals surface area contributed by atoms with E-state index in [1.54, 1.807) is 0 Å². The van der Waals surface area contributed by atoms with E-state index in [0.29, 0.717) is 6.61 Å². The molecule has 0 saturated heterocycles. The van der Waals surface area contributed by atoms with E-state index < -0.39 is 5.56 Å². The Balaban J connectivity index is 2.54. The van der Waals surface area contributed by atoms with Crippen molar-refractivity contribution in [2.45, 2.75) is 25.8 Å². The number of carbonyl (C=O) groups excluding carboxylic acids is 1. The monoisotopic (exact) mass is 241 g/mol. The van der Waals surface area contributed by atoms with Gasteiger partial charge >= 0.3 is 0 Å². The Morgan fingerprint density at radius 1 is 1.50 bits per heavy atom. The first-order chi connectivity index (χ1) is 7.65. The fourth-order valence-corrected chi connectivity index (χ4v) is 1.34. The minimum Gasteiger partial charge on any atom is -0.354 e. The molecular weight excluding hydrogens is 226 g/mol. The first-order valence-electron chi connectivity index (χ1n) is 5.27. The van der Waals surface area contributed by atoms with E-state index in [0.717, 1.165) is 17.7 Å². The lowest BCUT2D eigenvalue weighted by molar-refractivity contribution is -0.122. The molecule has 4 heteroatoms. The highest BCUT2D eigenvalue weighted by Crippen LogP contribution is 2.14. The third-order valence-electron chi connectivity index (χ3n) is 2.08. The number of alkyl halides is 1. The number of para-hydroxylation sites is 1. The van der Waals surface area contributed by atoms with Crippen molar-refractivity contribution in [3.8, 4) is 0 Å². The number of amides is 1. The highest BCUT2D eigenvalue weighted by Gasteiger charge is 2.15. The minimum atomic E-state index is -0.931. The summed E-state index contributed by atoms with van der Waals surface area (Å²) in [6, 6.07) is 7.53. The van der Waals surface area contributed by atoms with Crippen LogP contribution >= 0.6 is 11.6 Å². The smallest absolute Gasteiger partial charge is 0.269 e. The number of anilines is 1. The predicted octanol–water partition coefficient (Wildman–Crippen LogP) is 2.93. The molecule has 0 aliphatic rings. The van der Waals surface area contributed by atoms with Gasteiger partial charge in [-0.3, -0.25) is 4.79 Å². The van der Waals surface area contributed by atoms with Crippen LogP contribution in [0.1, 0.15) is 18.9 Å². The highest BCUT2D eigenvalue weighted by molar-refractivity contribution is 6.31.